The van der Waals surface area contributed by atoms with E-state index in [4.69, 9.17) is 10.5 Å². The molecule has 0 radical (unpaired) electrons. The molecule has 1 aliphatic heterocycles. The number of pyridine rings is 1. The molecule has 1 aromatic heterocycles. The van der Waals surface area contributed by atoms with Gasteiger partial charge < -0.3 is 15.8 Å². The van der Waals surface area contributed by atoms with Crippen LogP contribution in [-0.4, -0.2) is 23.2 Å². The lowest BCUT2D eigenvalue weighted by molar-refractivity contribution is -0.0553. The van der Waals surface area contributed by atoms with Gasteiger partial charge >= 0.3 is 0 Å². The van der Waals surface area contributed by atoms with Gasteiger partial charge in [0.1, 0.15) is 0 Å². The number of fused-ring (bicyclic) bond motifs is 1. The summed E-state index contributed by atoms with van der Waals surface area (Å²) in [6.07, 6.45) is 3.89. The lowest BCUT2D eigenvalue weighted by Crippen LogP contribution is -2.40. The van der Waals surface area contributed by atoms with Gasteiger partial charge in [0.15, 0.2) is 0 Å². The quantitative estimate of drug-likeness (QED) is 0.829. The van der Waals surface area contributed by atoms with Gasteiger partial charge in [0, 0.05) is 46.7 Å². The molecule has 2 aromatic rings. The molecule has 1 saturated heterocycles. The molecule has 3 rings (SSSR count). The van der Waals surface area contributed by atoms with Crippen molar-refractivity contribution in [2.75, 3.05) is 17.7 Å². The summed E-state index contributed by atoms with van der Waals surface area (Å²) in [6.45, 7) is 7.11. The summed E-state index contributed by atoms with van der Waals surface area (Å²) in [5.74, 6) is 0. The normalized spacial score (nSPS) is 21.4. The summed E-state index contributed by atoms with van der Waals surface area (Å²) in [6, 6.07) is 6.54. The third-order valence-electron chi connectivity index (χ3n) is 4.13. The van der Waals surface area contributed by atoms with Gasteiger partial charge in [0.2, 0.25) is 0 Å². The molecule has 1 atom stereocenters. The second-order valence-corrected chi connectivity index (χ2v) is 6.52. The molecular formula is C17H23N3O. The van der Waals surface area contributed by atoms with Crippen molar-refractivity contribution in [3.8, 4) is 0 Å². The van der Waals surface area contributed by atoms with Gasteiger partial charge in [-0.1, -0.05) is 0 Å². The van der Waals surface area contributed by atoms with E-state index in [0.29, 0.717) is 6.04 Å². The van der Waals surface area contributed by atoms with Crippen molar-refractivity contribution in [2.24, 2.45) is 0 Å². The molecule has 2 heterocycles. The molecule has 0 bridgehead atoms. The Hall–Kier alpha value is -1.81. The van der Waals surface area contributed by atoms with Crippen LogP contribution in [0.15, 0.2) is 24.4 Å². The van der Waals surface area contributed by atoms with E-state index in [1.54, 1.807) is 0 Å². The third kappa shape index (κ3) is 2.95. The van der Waals surface area contributed by atoms with Crippen LogP contribution < -0.4 is 11.1 Å². The lowest BCUT2D eigenvalue weighted by Gasteiger charge is -2.36. The van der Waals surface area contributed by atoms with Crippen LogP contribution in [0.1, 0.15) is 32.4 Å². The van der Waals surface area contributed by atoms with Crippen LogP contribution in [0.25, 0.3) is 10.8 Å². The predicted molar refractivity (Wildman–Crippen MR) is 87.6 cm³/mol. The molecule has 1 unspecified atom stereocenters. The number of anilines is 2. The highest BCUT2D eigenvalue weighted by atomic mass is 16.5. The average Bonchev–Trinajstić information content (AvgIpc) is 2.41. The molecule has 1 aromatic carbocycles. The van der Waals surface area contributed by atoms with Crippen LogP contribution in [0.3, 0.4) is 0 Å². The van der Waals surface area contributed by atoms with E-state index in [0.717, 1.165) is 47.3 Å². The Balaban J connectivity index is 1.94. The average molecular weight is 285 g/mol. The number of rotatable bonds is 2. The number of ether oxygens (including phenoxy) is 1. The van der Waals surface area contributed by atoms with Crippen LogP contribution in [0.5, 0.6) is 0 Å². The van der Waals surface area contributed by atoms with Gasteiger partial charge in [-0.3, -0.25) is 4.98 Å². The number of nitrogen functional groups attached to an aromatic ring is 1. The van der Waals surface area contributed by atoms with Crippen LogP contribution in [0.4, 0.5) is 11.4 Å². The van der Waals surface area contributed by atoms with Gasteiger partial charge in [-0.15, -0.1) is 0 Å². The number of aromatic nitrogens is 1. The van der Waals surface area contributed by atoms with E-state index in [-0.39, 0.29) is 5.60 Å². The minimum atomic E-state index is -0.0585. The highest BCUT2D eigenvalue weighted by Gasteiger charge is 2.28. The lowest BCUT2D eigenvalue weighted by atomic mass is 9.93. The summed E-state index contributed by atoms with van der Waals surface area (Å²) in [4.78, 5) is 4.35. The van der Waals surface area contributed by atoms with E-state index >= 15 is 0 Å². The van der Waals surface area contributed by atoms with Gasteiger partial charge in [-0.05, 0) is 51.8 Å². The zero-order valence-corrected chi connectivity index (χ0v) is 12.9. The molecule has 1 fully saturated rings. The number of nitrogens with one attached hydrogen (secondary N) is 1. The van der Waals surface area contributed by atoms with Crippen LogP contribution >= 0.6 is 0 Å². The maximum Gasteiger partial charge on any atom is 0.0646 e. The Bertz CT molecular complexity index is 666. The van der Waals surface area contributed by atoms with E-state index < -0.39 is 0 Å². The zero-order chi connectivity index (χ0) is 15.0. The summed E-state index contributed by atoms with van der Waals surface area (Å²) < 4.78 is 5.79. The van der Waals surface area contributed by atoms with Crippen molar-refractivity contribution in [1.29, 1.82) is 0 Å². The number of nitrogens with zero attached hydrogens (tertiary/aromatic N) is 1. The van der Waals surface area contributed by atoms with Crippen LogP contribution in [-0.2, 0) is 4.74 Å². The SMILES string of the molecule is Cc1cc2c(NC3CCOC(C)(C)C3)ccc(N)c2cn1. The smallest absolute Gasteiger partial charge is 0.0646 e. The van der Waals surface area contributed by atoms with E-state index in [1.165, 1.54) is 0 Å². The highest BCUT2D eigenvalue weighted by Crippen LogP contribution is 2.32. The summed E-state index contributed by atoms with van der Waals surface area (Å²) in [5, 5.41) is 5.83. The third-order valence-corrected chi connectivity index (χ3v) is 4.13. The molecule has 21 heavy (non-hydrogen) atoms. The Morgan fingerprint density at radius 2 is 2.14 bits per heavy atom. The van der Waals surface area contributed by atoms with E-state index in [1.807, 2.05) is 19.2 Å². The van der Waals surface area contributed by atoms with Crippen molar-refractivity contribution in [3.05, 3.63) is 30.1 Å². The van der Waals surface area contributed by atoms with Gasteiger partial charge in [-0.2, -0.15) is 0 Å². The van der Waals surface area contributed by atoms with E-state index in [2.05, 4.69) is 36.3 Å². The summed E-state index contributed by atoms with van der Waals surface area (Å²) in [7, 11) is 0. The maximum absolute atomic E-state index is 6.06. The Kier molecular flexibility index (Phi) is 3.49. The first-order chi connectivity index (χ1) is 9.94. The van der Waals surface area contributed by atoms with Crippen molar-refractivity contribution < 1.29 is 4.74 Å². The molecule has 0 amide bonds. The molecule has 0 spiro atoms. The monoisotopic (exact) mass is 285 g/mol. The van der Waals surface area contributed by atoms with Crippen LogP contribution in [0, 0.1) is 6.92 Å². The van der Waals surface area contributed by atoms with E-state index in [9.17, 15) is 0 Å². The van der Waals surface area contributed by atoms with Crippen molar-refractivity contribution in [2.45, 2.75) is 45.3 Å². The number of nitrogens with two attached hydrogens (primary N) is 1. The highest BCUT2D eigenvalue weighted by molar-refractivity contribution is 6.00. The standard InChI is InChI=1S/C17H23N3O/c1-11-8-13-14(10-19-11)15(18)4-5-16(13)20-12-6-7-21-17(2,3)9-12/h4-5,8,10,12,20H,6-7,9,18H2,1-3H3. The second-order valence-electron chi connectivity index (χ2n) is 6.52. The molecular weight excluding hydrogens is 262 g/mol. The molecule has 0 aliphatic carbocycles. The first kappa shape index (κ1) is 14.1. The predicted octanol–water partition coefficient (Wildman–Crippen LogP) is 3.49. The first-order valence-corrected chi connectivity index (χ1v) is 7.50. The first-order valence-electron chi connectivity index (χ1n) is 7.50. The molecule has 4 nitrogen and oxygen atoms in total. The second kappa shape index (κ2) is 5.19. The minimum absolute atomic E-state index is 0.0585. The largest absolute Gasteiger partial charge is 0.398 e. The fraction of sp³-hybridized carbons (Fsp3) is 0.471. The van der Waals surface area contributed by atoms with Gasteiger partial charge in [-0.25, -0.2) is 0 Å². The molecule has 3 N–H and O–H groups in total. The maximum atomic E-state index is 6.06. The van der Waals surface area contributed by atoms with Crippen molar-refractivity contribution in [3.63, 3.8) is 0 Å². The summed E-state index contributed by atoms with van der Waals surface area (Å²) >= 11 is 0. The fourth-order valence-electron chi connectivity index (χ4n) is 3.07. The fourth-order valence-corrected chi connectivity index (χ4v) is 3.07. The number of hydrogen-bond donors (Lipinski definition) is 2. The molecule has 4 heteroatoms. The molecule has 112 valence electrons. The molecule has 1 aliphatic rings. The Labute approximate surface area is 125 Å². The summed E-state index contributed by atoms with van der Waals surface area (Å²) in [5.41, 5.74) is 8.91. The topological polar surface area (TPSA) is 60.2 Å². The number of benzene rings is 1. The number of aryl methyl sites for hydroxylation is 1. The van der Waals surface area contributed by atoms with Gasteiger partial charge in [0.05, 0.1) is 5.60 Å². The Morgan fingerprint density at radius 1 is 1.33 bits per heavy atom. The Morgan fingerprint density at radius 3 is 2.90 bits per heavy atom. The zero-order valence-electron chi connectivity index (χ0n) is 12.9. The van der Waals surface area contributed by atoms with Crippen molar-refractivity contribution >= 4 is 22.1 Å². The number of hydrogen-bond acceptors (Lipinski definition) is 4. The van der Waals surface area contributed by atoms with Gasteiger partial charge in [0.25, 0.3) is 0 Å². The van der Waals surface area contributed by atoms with Crippen molar-refractivity contribution in [1.82, 2.24) is 4.98 Å². The minimum Gasteiger partial charge on any atom is -0.398 e. The van der Waals surface area contributed by atoms with Crippen LogP contribution in [0.2, 0.25) is 0 Å². The molecule has 0 saturated carbocycles.